The van der Waals surface area contributed by atoms with Crippen molar-refractivity contribution in [2.75, 3.05) is 4.72 Å². The van der Waals surface area contributed by atoms with Gasteiger partial charge in [0, 0.05) is 10.6 Å². The lowest BCUT2D eigenvalue weighted by molar-refractivity contribution is 0.601. The highest BCUT2D eigenvalue weighted by Crippen LogP contribution is 2.26. The molecule has 3 nitrogen and oxygen atoms in total. The van der Waals surface area contributed by atoms with Crippen molar-refractivity contribution < 1.29 is 8.42 Å². The van der Waals surface area contributed by atoms with Crippen molar-refractivity contribution in [1.29, 1.82) is 0 Å². The van der Waals surface area contributed by atoms with E-state index >= 15 is 0 Å². The molecule has 0 saturated carbocycles. The summed E-state index contributed by atoms with van der Waals surface area (Å²) < 4.78 is 27.5. The molecule has 0 radical (unpaired) electrons. The lowest BCUT2D eigenvalue weighted by atomic mass is 10.1. The zero-order valence-corrected chi connectivity index (χ0v) is 15.5. The smallest absolute Gasteiger partial charge is 0.261 e. The van der Waals surface area contributed by atoms with Crippen molar-refractivity contribution in [3.8, 4) is 0 Å². The van der Waals surface area contributed by atoms with Crippen molar-refractivity contribution in [3.05, 3.63) is 90.0 Å². The zero-order chi connectivity index (χ0) is 17.7. The van der Waals surface area contributed by atoms with E-state index in [9.17, 15) is 8.42 Å². The van der Waals surface area contributed by atoms with E-state index in [1.54, 1.807) is 42.1 Å². The van der Waals surface area contributed by atoms with Gasteiger partial charge in [-0.15, -0.1) is 11.8 Å². The largest absolute Gasteiger partial charge is 0.279 e. The standard InChI is InChI=1S/C20H19NO2S2/c1-16-14-17(15-24-18-8-4-2-5-9-18)12-13-20(16)21-25(22,23)19-10-6-3-7-11-19/h2-14,21H,15H2,1H3. The van der Waals surface area contributed by atoms with Crippen LogP contribution in [-0.2, 0) is 15.8 Å². The number of anilines is 1. The molecule has 0 bridgehead atoms. The Labute approximate surface area is 153 Å². The fourth-order valence-electron chi connectivity index (χ4n) is 2.42. The van der Waals surface area contributed by atoms with Crippen LogP contribution in [-0.4, -0.2) is 8.42 Å². The Balaban J connectivity index is 1.72. The first kappa shape index (κ1) is 17.6. The van der Waals surface area contributed by atoms with Crippen molar-refractivity contribution in [1.82, 2.24) is 0 Å². The third-order valence-corrected chi connectivity index (χ3v) is 6.20. The average molecular weight is 370 g/mol. The molecule has 0 aromatic heterocycles. The molecule has 0 spiro atoms. The van der Waals surface area contributed by atoms with Gasteiger partial charge in [0.1, 0.15) is 0 Å². The maximum atomic E-state index is 12.4. The fraction of sp³-hybridized carbons (Fsp3) is 0.100. The summed E-state index contributed by atoms with van der Waals surface area (Å²) in [5, 5.41) is 0. The predicted octanol–water partition coefficient (Wildman–Crippen LogP) is 5.09. The van der Waals surface area contributed by atoms with Crippen molar-refractivity contribution in [2.45, 2.75) is 22.5 Å². The third kappa shape index (κ3) is 4.65. The molecular weight excluding hydrogens is 350 g/mol. The van der Waals surface area contributed by atoms with Gasteiger partial charge in [0.05, 0.1) is 10.6 Å². The van der Waals surface area contributed by atoms with E-state index < -0.39 is 10.0 Å². The Morgan fingerprint density at radius 1 is 0.880 bits per heavy atom. The quantitative estimate of drug-likeness (QED) is 0.616. The molecule has 0 saturated heterocycles. The van der Waals surface area contributed by atoms with Gasteiger partial charge in [0.2, 0.25) is 0 Å². The molecule has 128 valence electrons. The van der Waals surface area contributed by atoms with Crippen LogP contribution in [0.4, 0.5) is 5.69 Å². The predicted molar refractivity (Wildman–Crippen MR) is 104 cm³/mol. The minimum atomic E-state index is -3.56. The van der Waals surface area contributed by atoms with Crippen molar-refractivity contribution in [3.63, 3.8) is 0 Å². The molecule has 5 heteroatoms. The molecule has 0 unspecified atom stereocenters. The second kappa shape index (κ2) is 7.76. The summed E-state index contributed by atoms with van der Waals surface area (Å²) in [5.41, 5.74) is 2.68. The molecule has 1 N–H and O–H groups in total. The summed E-state index contributed by atoms with van der Waals surface area (Å²) >= 11 is 1.76. The van der Waals surface area contributed by atoms with Gasteiger partial charge in [-0.3, -0.25) is 4.72 Å². The number of sulfonamides is 1. The molecule has 25 heavy (non-hydrogen) atoms. The summed E-state index contributed by atoms with van der Waals surface area (Å²) in [6.45, 7) is 1.92. The van der Waals surface area contributed by atoms with E-state index in [1.165, 1.54) is 4.90 Å². The maximum absolute atomic E-state index is 12.4. The van der Waals surface area contributed by atoms with Crippen LogP contribution in [0.3, 0.4) is 0 Å². The average Bonchev–Trinajstić information content (AvgIpc) is 2.63. The topological polar surface area (TPSA) is 46.2 Å². The van der Waals surface area contributed by atoms with E-state index in [4.69, 9.17) is 0 Å². The van der Waals surface area contributed by atoms with E-state index in [0.29, 0.717) is 5.69 Å². The van der Waals surface area contributed by atoms with Gasteiger partial charge < -0.3 is 0 Å². The number of hydrogen-bond donors (Lipinski definition) is 1. The van der Waals surface area contributed by atoms with Gasteiger partial charge in [-0.05, 0) is 48.4 Å². The Kier molecular flexibility index (Phi) is 5.46. The highest BCUT2D eigenvalue weighted by molar-refractivity contribution is 7.98. The molecule has 0 fully saturated rings. The molecule has 0 aliphatic carbocycles. The molecule has 0 heterocycles. The van der Waals surface area contributed by atoms with Gasteiger partial charge in [0.25, 0.3) is 10.0 Å². The van der Waals surface area contributed by atoms with E-state index in [0.717, 1.165) is 16.9 Å². The summed E-state index contributed by atoms with van der Waals surface area (Å²) in [4.78, 5) is 1.48. The Hall–Kier alpha value is -2.24. The summed E-state index contributed by atoms with van der Waals surface area (Å²) in [6.07, 6.45) is 0. The molecule has 0 amide bonds. The minimum absolute atomic E-state index is 0.262. The summed E-state index contributed by atoms with van der Waals surface area (Å²) in [7, 11) is -3.56. The second-order valence-corrected chi connectivity index (χ2v) is 8.40. The fourth-order valence-corrected chi connectivity index (χ4v) is 4.43. The summed E-state index contributed by atoms with van der Waals surface area (Å²) in [6, 6.07) is 24.4. The lowest BCUT2D eigenvalue weighted by Crippen LogP contribution is -2.13. The lowest BCUT2D eigenvalue weighted by Gasteiger charge is -2.12. The van der Waals surface area contributed by atoms with Gasteiger partial charge in [0.15, 0.2) is 0 Å². The molecule has 0 aliphatic heterocycles. The van der Waals surface area contributed by atoms with Gasteiger partial charge >= 0.3 is 0 Å². The first-order chi connectivity index (χ1) is 12.0. The van der Waals surface area contributed by atoms with Crippen molar-refractivity contribution in [2.24, 2.45) is 0 Å². The van der Waals surface area contributed by atoms with Crippen LogP contribution < -0.4 is 4.72 Å². The monoisotopic (exact) mass is 369 g/mol. The Bertz CT molecular complexity index is 940. The number of benzene rings is 3. The normalized spacial score (nSPS) is 11.2. The van der Waals surface area contributed by atoms with Crippen LogP contribution in [0.1, 0.15) is 11.1 Å². The number of aryl methyl sites for hydroxylation is 1. The highest BCUT2D eigenvalue weighted by Gasteiger charge is 2.14. The molecule has 0 aliphatic rings. The maximum Gasteiger partial charge on any atom is 0.261 e. The Morgan fingerprint density at radius 3 is 2.16 bits per heavy atom. The molecule has 3 aromatic rings. The van der Waals surface area contributed by atoms with Crippen LogP contribution in [0.15, 0.2) is 88.7 Å². The molecular formula is C20H19NO2S2. The number of nitrogens with one attached hydrogen (secondary N) is 1. The third-order valence-electron chi connectivity index (χ3n) is 3.74. The van der Waals surface area contributed by atoms with Gasteiger partial charge in [-0.1, -0.05) is 48.5 Å². The Morgan fingerprint density at radius 2 is 1.52 bits per heavy atom. The highest BCUT2D eigenvalue weighted by atomic mass is 32.2. The number of hydrogen-bond acceptors (Lipinski definition) is 3. The van der Waals surface area contributed by atoms with E-state index in [1.807, 2.05) is 43.3 Å². The molecule has 3 rings (SSSR count). The number of thioether (sulfide) groups is 1. The summed E-state index contributed by atoms with van der Waals surface area (Å²) in [5.74, 6) is 0.844. The van der Waals surface area contributed by atoms with Gasteiger partial charge in [-0.25, -0.2) is 8.42 Å². The van der Waals surface area contributed by atoms with Gasteiger partial charge in [-0.2, -0.15) is 0 Å². The van der Waals surface area contributed by atoms with Crippen LogP contribution in [0.25, 0.3) is 0 Å². The van der Waals surface area contributed by atoms with Crippen LogP contribution >= 0.6 is 11.8 Å². The first-order valence-corrected chi connectivity index (χ1v) is 10.4. The SMILES string of the molecule is Cc1cc(CSc2ccccc2)ccc1NS(=O)(=O)c1ccccc1. The zero-order valence-electron chi connectivity index (χ0n) is 13.8. The molecule has 3 aromatic carbocycles. The van der Waals surface area contributed by atoms with Crippen LogP contribution in [0.2, 0.25) is 0 Å². The van der Waals surface area contributed by atoms with Crippen molar-refractivity contribution >= 4 is 27.5 Å². The number of rotatable bonds is 6. The second-order valence-electron chi connectivity index (χ2n) is 5.67. The molecule has 0 atom stereocenters. The minimum Gasteiger partial charge on any atom is -0.279 e. The van der Waals surface area contributed by atoms with E-state index in [-0.39, 0.29) is 4.90 Å². The first-order valence-electron chi connectivity index (χ1n) is 7.90. The van der Waals surface area contributed by atoms with E-state index in [2.05, 4.69) is 16.9 Å². The van der Waals surface area contributed by atoms with Crippen LogP contribution in [0.5, 0.6) is 0 Å². The van der Waals surface area contributed by atoms with Crippen LogP contribution in [0, 0.1) is 6.92 Å².